The van der Waals surface area contributed by atoms with Crippen LogP contribution < -0.4 is 19.5 Å². The Bertz CT molecular complexity index is 1210. The van der Waals surface area contributed by atoms with E-state index in [2.05, 4.69) is 10.3 Å². The molecular formula is C28H31N3O5. The van der Waals surface area contributed by atoms with E-state index in [9.17, 15) is 9.59 Å². The number of carbonyl (C=O) groups is 2. The molecule has 1 aliphatic heterocycles. The predicted octanol–water partition coefficient (Wildman–Crippen LogP) is 4.11. The molecule has 36 heavy (non-hydrogen) atoms. The summed E-state index contributed by atoms with van der Waals surface area (Å²) in [6.07, 6.45) is 4.12. The smallest absolute Gasteiger partial charge is 0.254 e. The van der Waals surface area contributed by atoms with Crippen molar-refractivity contribution in [2.75, 3.05) is 27.9 Å². The molecule has 2 heterocycles. The Kier molecular flexibility index (Phi) is 7.73. The number of carbonyl (C=O) groups excluding carboxylic acids is 2. The number of benzene rings is 2. The minimum atomic E-state index is -0.643. The molecule has 8 heteroatoms. The van der Waals surface area contributed by atoms with Gasteiger partial charge in [-0.3, -0.25) is 14.6 Å². The van der Waals surface area contributed by atoms with Crippen LogP contribution in [0.3, 0.4) is 0 Å². The maximum absolute atomic E-state index is 13.9. The summed E-state index contributed by atoms with van der Waals surface area (Å²) < 4.78 is 16.7. The monoisotopic (exact) mass is 489 g/mol. The normalized spacial score (nSPS) is 16.8. The largest absolute Gasteiger partial charge is 0.493 e. The molecule has 0 saturated heterocycles. The highest BCUT2D eigenvalue weighted by Crippen LogP contribution is 2.47. The highest BCUT2D eigenvalue weighted by atomic mass is 16.5. The molecule has 0 fully saturated rings. The van der Waals surface area contributed by atoms with Gasteiger partial charge >= 0.3 is 0 Å². The number of hydrogen-bond acceptors (Lipinski definition) is 6. The Morgan fingerprint density at radius 2 is 1.67 bits per heavy atom. The van der Waals surface area contributed by atoms with Crippen LogP contribution in [0.25, 0.3) is 0 Å². The summed E-state index contributed by atoms with van der Waals surface area (Å²) in [6.45, 7) is 2.85. The van der Waals surface area contributed by atoms with Crippen LogP contribution in [-0.2, 0) is 11.3 Å². The Balaban J connectivity index is 1.85. The molecule has 1 aliphatic rings. The van der Waals surface area contributed by atoms with Crippen molar-refractivity contribution in [3.05, 3.63) is 83.2 Å². The van der Waals surface area contributed by atoms with Crippen molar-refractivity contribution in [3.63, 3.8) is 0 Å². The van der Waals surface area contributed by atoms with Gasteiger partial charge in [-0.15, -0.1) is 0 Å². The number of fused-ring (bicyclic) bond motifs is 1. The van der Waals surface area contributed by atoms with Crippen molar-refractivity contribution in [3.8, 4) is 17.2 Å². The van der Waals surface area contributed by atoms with Crippen LogP contribution in [0.5, 0.6) is 17.2 Å². The molecule has 1 aromatic heterocycles. The van der Waals surface area contributed by atoms with E-state index in [1.165, 1.54) is 0 Å². The maximum atomic E-state index is 13.9. The minimum absolute atomic E-state index is 0.107. The van der Waals surface area contributed by atoms with Crippen molar-refractivity contribution in [1.29, 1.82) is 0 Å². The van der Waals surface area contributed by atoms with Gasteiger partial charge in [0.05, 0.1) is 33.3 Å². The molecule has 0 unspecified atom stereocenters. The number of ether oxygens (including phenoxy) is 3. The van der Waals surface area contributed by atoms with Crippen molar-refractivity contribution >= 4 is 11.8 Å². The molecule has 0 bridgehead atoms. The lowest BCUT2D eigenvalue weighted by atomic mass is 9.79. The SMILES string of the molecule is CCCN1C(=O)c2ccccc2[C@@H](C(=O)NCc2ccncc2)[C@H]1c1cc(OC)c(OC)c(OC)c1. The van der Waals surface area contributed by atoms with E-state index >= 15 is 0 Å². The van der Waals surface area contributed by atoms with Crippen LogP contribution in [0.2, 0.25) is 0 Å². The van der Waals surface area contributed by atoms with Crippen LogP contribution >= 0.6 is 0 Å². The zero-order valence-electron chi connectivity index (χ0n) is 21.0. The molecule has 0 radical (unpaired) electrons. The van der Waals surface area contributed by atoms with E-state index in [4.69, 9.17) is 14.2 Å². The first-order valence-electron chi connectivity index (χ1n) is 11.9. The fraction of sp³-hybridized carbons (Fsp3) is 0.321. The third-order valence-corrected chi connectivity index (χ3v) is 6.43. The number of nitrogens with zero attached hydrogens (tertiary/aromatic N) is 2. The fourth-order valence-electron chi connectivity index (χ4n) is 4.80. The van der Waals surface area contributed by atoms with Gasteiger partial charge in [-0.2, -0.15) is 0 Å². The Morgan fingerprint density at radius 3 is 2.28 bits per heavy atom. The third-order valence-electron chi connectivity index (χ3n) is 6.43. The molecule has 1 N–H and O–H groups in total. The molecule has 4 rings (SSSR count). The quantitative estimate of drug-likeness (QED) is 0.487. The van der Waals surface area contributed by atoms with Crippen molar-refractivity contribution in [1.82, 2.24) is 15.2 Å². The zero-order chi connectivity index (χ0) is 25.7. The van der Waals surface area contributed by atoms with Crippen molar-refractivity contribution < 1.29 is 23.8 Å². The lowest BCUT2D eigenvalue weighted by Gasteiger charge is -2.42. The second kappa shape index (κ2) is 11.1. The van der Waals surface area contributed by atoms with Gasteiger partial charge in [-0.1, -0.05) is 25.1 Å². The van der Waals surface area contributed by atoms with Gasteiger partial charge in [0, 0.05) is 31.0 Å². The topological polar surface area (TPSA) is 90.0 Å². The molecule has 8 nitrogen and oxygen atoms in total. The number of amides is 2. The van der Waals surface area contributed by atoms with Gasteiger partial charge in [0.25, 0.3) is 5.91 Å². The molecule has 0 saturated carbocycles. The first kappa shape index (κ1) is 25.0. The van der Waals surface area contributed by atoms with E-state index in [0.29, 0.717) is 41.5 Å². The first-order chi connectivity index (χ1) is 17.5. The van der Waals surface area contributed by atoms with Crippen molar-refractivity contribution in [2.45, 2.75) is 31.8 Å². The highest BCUT2D eigenvalue weighted by Gasteiger charge is 2.44. The van der Waals surface area contributed by atoms with Gasteiger partial charge in [0.15, 0.2) is 11.5 Å². The average Bonchev–Trinajstić information content (AvgIpc) is 2.92. The molecule has 2 aromatic carbocycles. The summed E-state index contributed by atoms with van der Waals surface area (Å²) >= 11 is 0. The number of rotatable bonds is 9. The second-order valence-corrected chi connectivity index (χ2v) is 8.54. The van der Waals surface area contributed by atoms with E-state index in [1.807, 2.05) is 49.4 Å². The first-order valence-corrected chi connectivity index (χ1v) is 11.9. The lowest BCUT2D eigenvalue weighted by molar-refractivity contribution is -0.124. The summed E-state index contributed by atoms with van der Waals surface area (Å²) in [6, 6.07) is 14.1. The molecule has 2 amide bonds. The zero-order valence-corrected chi connectivity index (χ0v) is 21.0. The van der Waals surface area contributed by atoms with Crippen LogP contribution in [0, 0.1) is 0 Å². The van der Waals surface area contributed by atoms with Gasteiger partial charge in [0.1, 0.15) is 0 Å². The third kappa shape index (κ3) is 4.71. The number of aromatic nitrogens is 1. The Hall–Kier alpha value is -4.07. The fourth-order valence-corrected chi connectivity index (χ4v) is 4.80. The summed E-state index contributed by atoms with van der Waals surface area (Å²) in [7, 11) is 4.63. The molecule has 0 spiro atoms. The Labute approximate surface area is 211 Å². The van der Waals surface area contributed by atoms with E-state index in [1.54, 1.807) is 44.7 Å². The summed E-state index contributed by atoms with van der Waals surface area (Å²) in [4.78, 5) is 33.3. The van der Waals surface area contributed by atoms with Gasteiger partial charge in [-0.25, -0.2) is 0 Å². The molecule has 0 aliphatic carbocycles. The van der Waals surface area contributed by atoms with Gasteiger partial charge < -0.3 is 24.4 Å². The molecular weight excluding hydrogens is 458 g/mol. The van der Waals surface area contributed by atoms with E-state index in [-0.39, 0.29) is 11.8 Å². The van der Waals surface area contributed by atoms with E-state index < -0.39 is 12.0 Å². The second-order valence-electron chi connectivity index (χ2n) is 8.54. The minimum Gasteiger partial charge on any atom is -0.493 e. The van der Waals surface area contributed by atoms with Crippen LogP contribution in [0.1, 0.15) is 52.4 Å². The van der Waals surface area contributed by atoms with Gasteiger partial charge in [-0.05, 0) is 53.4 Å². The summed E-state index contributed by atoms with van der Waals surface area (Å²) in [5, 5.41) is 3.07. The summed E-state index contributed by atoms with van der Waals surface area (Å²) in [5.74, 6) is 0.453. The summed E-state index contributed by atoms with van der Waals surface area (Å²) in [5.41, 5.74) is 2.90. The van der Waals surface area contributed by atoms with Crippen LogP contribution in [0.4, 0.5) is 0 Å². The predicted molar refractivity (Wildman–Crippen MR) is 135 cm³/mol. The van der Waals surface area contributed by atoms with Crippen molar-refractivity contribution in [2.24, 2.45) is 0 Å². The number of pyridine rings is 1. The standard InChI is InChI=1S/C28H31N3O5/c1-5-14-31-25(19-15-22(34-2)26(36-4)23(16-19)35-3)24(20-8-6-7-9-21(20)28(31)33)27(32)30-17-18-10-12-29-13-11-18/h6-13,15-16,24-25H,5,14,17H2,1-4H3,(H,30,32)/t24-,25-/m1/s1. The number of hydrogen-bond donors (Lipinski definition) is 1. The number of methoxy groups -OCH3 is 3. The Morgan fingerprint density at radius 1 is 1.00 bits per heavy atom. The van der Waals surface area contributed by atoms with Gasteiger partial charge in [0.2, 0.25) is 11.7 Å². The average molecular weight is 490 g/mol. The highest BCUT2D eigenvalue weighted by molar-refractivity contribution is 6.01. The van der Waals surface area contributed by atoms with Crippen LogP contribution in [0.15, 0.2) is 60.9 Å². The lowest BCUT2D eigenvalue weighted by Crippen LogP contribution is -2.47. The molecule has 2 atom stereocenters. The number of nitrogens with one attached hydrogen (secondary N) is 1. The molecule has 188 valence electrons. The molecule has 3 aromatic rings. The van der Waals surface area contributed by atoms with E-state index in [0.717, 1.165) is 17.5 Å². The van der Waals surface area contributed by atoms with Crippen LogP contribution in [-0.4, -0.2) is 49.6 Å². The maximum Gasteiger partial charge on any atom is 0.254 e.